The van der Waals surface area contributed by atoms with E-state index in [1.807, 2.05) is 0 Å². The molecule has 1 N–H and O–H groups in total. The maximum atomic E-state index is 7.94. The van der Waals surface area contributed by atoms with Gasteiger partial charge in [0.25, 0.3) is 0 Å². The number of hydrogen-bond donors (Lipinski definition) is 1. The molecule has 6 heavy (non-hydrogen) atoms. The molecule has 0 rings (SSSR count). The van der Waals surface area contributed by atoms with Crippen LogP contribution in [0.3, 0.4) is 0 Å². The first-order valence-corrected chi connectivity index (χ1v) is 1.51. The zero-order valence-corrected chi connectivity index (χ0v) is 5.33. The molecular weight excluding hydrogens is 237 g/mol. The Labute approximate surface area is 66.7 Å². The molecule has 45 valence electrons. The Hall–Kier alpha value is 1.15. The number of aliphatic hydroxyl groups is 1. The second-order valence-corrected chi connectivity index (χ2v) is 0.716. The van der Waals surface area contributed by atoms with Gasteiger partial charge in [-0.05, 0) is 0 Å². The first-order valence-electron chi connectivity index (χ1n) is 1.51. The smallest absolute Gasteiger partial charge is 0.0693 e. The van der Waals surface area contributed by atoms with E-state index in [0.29, 0.717) is 6.61 Å². The van der Waals surface area contributed by atoms with Crippen molar-refractivity contribution in [2.45, 2.75) is 0 Å². The van der Waals surface area contributed by atoms with Crippen LogP contribution in [0.15, 0.2) is 0 Å². The van der Waals surface area contributed by atoms with E-state index in [1.54, 1.807) is 7.11 Å². The van der Waals surface area contributed by atoms with E-state index in [-0.39, 0.29) is 43.5 Å². The van der Waals surface area contributed by atoms with Crippen molar-refractivity contribution in [1.29, 1.82) is 0 Å². The summed E-state index contributed by atoms with van der Waals surface area (Å²) in [6, 6.07) is 0. The Kier molecular flexibility index (Phi) is 16.1. The van der Waals surface area contributed by atoms with Crippen LogP contribution in [-0.2, 0) is 4.74 Å². The Morgan fingerprint density at radius 3 is 2.17 bits per heavy atom. The number of rotatable bonds is 2. The van der Waals surface area contributed by atoms with E-state index in [9.17, 15) is 0 Å². The van der Waals surface area contributed by atoms with Gasteiger partial charge in [0.05, 0.1) is 13.2 Å². The summed E-state index contributed by atoms with van der Waals surface area (Å²) in [5.41, 5.74) is 0. The van der Waals surface area contributed by atoms with Gasteiger partial charge in [-0.3, -0.25) is 0 Å². The fourth-order valence-corrected chi connectivity index (χ4v) is 0.0913. The van der Waals surface area contributed by atoms with Crippen LogP contribution in [0.25, 0.3) is 0 Å². The quantitative estimate of drug-likeness (QED) is 0.719. The van der Waals surface area contributed by atoms with E-state index in [1.165, 1.54) is 0 Å². The minimum atomic E-state index is 0. The van der Waals surface area contributed by atoms with Crippen molar-refractivity contribution in [2.75, 3.05) is 20.3 Å². The van der Waals surface area contributed by atoms with Gasteiger partial charge in [0.2, 0.25) is 0 Å². The van der Waals surface area contributed by atoms with Crippen LogP contribution in [-0.4, -0.2) is 25.4 Å². The summed E-state index contributed by atoms with van der Waals surface area (Å²) >= 11 is 0. The van der Waals surface area contributed by atoms with Crippen LogP contribution in [0.5, 0.6) is 0 Å². The fourth-order valence-electron chi connectivity index (χ4n) is 0.0913. The molecule has 0 saturated heterocycles. The number of methoxy groups -OCH3 is 1. The third-order valence-electron chi connectivity index (χ3n) is 0.295. The Morgan fingerprint density at radius 2 is 2.17 bits per heavy atom. The van der Waals surface area contributed by atoms with Gasteiger partial charge < -0.3 is 9.84 Å². The molecule has 0 atom stereocenters. The molecule has 0 aromatic heterocycles. The van der Waals surface area contributed by atoms with Crippen molar-refractivity contribution in [1.82, 2.24) is 0 Å². The minimum absolute atomic E-state index is 0. The van der Waals surface area contributed by atoms with Gasteiger partial charge in [-0.1, -0.05) is 0 Å². The van der Waals surface area contributed by atoms with Crippen molar-refractivity contribution < 1.29 is 46.7 Å². The SMILES string of the molecule is COCCO.[Tm]. The van der Waals surface area contributed by atoms with Crippen molar-refractivity contribution in [2.24, 2.45) is 0 Å². The molecule has 2 nitrogen and oxygen atoms in total. The van der Waals surface area contributed by atoms with Crippen LogP contribution in [0.1, 0.15) is 0 Å². The van der Waals surface area contributed by atoms with Crippen LogP contribution in [0, 0.1) is 36.9 Å². The normalized spacial score (nSPS) is 7.00. The molecule has 0 aliphatic heterocycles. The first-order chi connectivity index (χ1) is 2.41. The van der Waals surface area contributed by atoms with Crippen LogP contribution in [0.4, 0.5) is 0 Å². The summed E-state index contributed by atoms with van der Waals surface area (Å²) in [4.78, 5) is 0. The topological polar surface area (TPSA) is 29.5 Å². The summed E-state index contributed by atoms with van der Waals surface area (Å²) in [5, 5.41) is 7.94. The van der Waals surface area contributed by atoms with Crippen molar-refractivity contribution in [3.05, 3.63) is 0 Å². The molecule has 0 unspecified atom stereocenters. The van der Waals surface area contributed by atoms with Crippen LogP contribution in [0.2, 0.25) is 0 Å². The molecule has 0 saturated carbocycles. The van der Waals surface area contributed by atoms with Gasteiger partial charge in [0.15, 0.2) is 0 Å². The molecule has 1 radical (unpaired) electrons. The van der Waals surface area contributed by atoms with Gasteiger partial charge in [-0.2, -0.15) is 0 Å². The minimum Gasteiger partial charge on any atom is -0.394 e. The predicted octanol–water partition coefficient (Wildman–Crippen LogP) is -0.375. The van der Waals surface area contributed by atoms with Crippen LogP contribution < -0.4 is 0 Å². The van der Waals surface area contributed by atoms with E-state index in [4.69, 9.17) is 5.11 Å². The average molecular weight is 245 g/mol. The third-order valence-corrected chi connectivity index (χ3v) is 0.295. The zero-order chi connectivity index (χ0) is 4.12. The van der Waals surface area contributed by atoms with Gasteiger partial charge in [0, 0.05) is 44.0 Å². The standard InChI is InChI=1S/C3H8O2.Tm/c1-5-3-2-4;/h4H,2-3H2,1H3;. The molecule has 0 spiro atoms. The van der Waals surface area contributed by atoms with Gasteiger partial charge in [0.1, 0.15) is 0 Å². The molecule has 0 aromatic carbocycles. The summed E-state index contributed by atoms with van der Waals surface area (Å²) in [5.74, 6) is 0. The van der Waals surface area contributed by atoms with Crippen molar-refractivity contribution >= 4 is 0 Å². The molecule has 0 bridgehead atoms. The van der Waals surface area contributed by atoms with Crippen molar-refractivity contribution in [3.8, 4) is 0 Å². The summed E-state index contributed by atoms with van der Waals surface area (Å²) in [7, 11) is 1.55. The molecule has 0 fully saturated rings. The molecule has 0 aromatic rings. The van der Waals surface area contributed by atoms with Crippen LogP contribution >= 0.6 is 0 Å². The molecular formula is C3H8O2Tm. The Morgan fingerprint density at radius 1 is 1.67 bits per heavy atom. The van der Waals surface area contributed by atoms with Gasteiger partial charge >= 0.3 is 0 Å². The van der Waals surface area contributed by atoms with Gasteiger partial charge in [-0.25, -0.2) is 0 Å². The molecule has 0 aliphatic carbocycles. The number of aliphatic hydroxyl groups excluding tert-OH is 1. The van der Waals surface area contributed by atoms with Crippen molar-refractivity contribution in [3.63, 3.8) is 0 Å². The summed E-state index contributed by atoms with van der Waals surface area (Å²) in [6.07, 6.45) is 0. The van der Waals surface area contributed by atoms with E-state index >= 15 is 0 Å². The molecule has 0 heterocycles. The average Bonchev–Trinajstić information content (AvgIpc) is 1.41. The Balaban J connectivity index is 0. The summed E-state index contributed by atoms with van der Waals surface area (Å²) in [6.45, 7) is 0.566. The second-order valence-electron chi connectivity index (χ2n) is 0.716. The summed E-state index contributed by atoms with van der Waals surface area (Å²) < 4.78 is 4.44. The van der Waals surface area contributed by atoms with E-state index in [0.717, 1.165) is 0 Å². The molecule has 3 heteroatoms. The predicted molar refractivity (Wildman–Crippen MR) is 19.0 cm³/mol. The van der Waals surface area contributed by atoms with E-state index in [2.05, 4.69) is 4.74 Å². The second kappa shape index (κ2) is 9.47. The maximum Gasteiger partial charge on any atom is 0.0693 e. The molecule has 0 aliphatic rings. The monoisotopic (exact) mass is 245 g/mol. The first kappa shape index (κ1) is 10.2. The molecule has 0 amide bonds. The number of ether oxygens (including phenoxy) is 1. The Bertz CT molecular complexity index is 16.3. The fraction of sp³-hybridized carbons (Fsp3) is 1.00. The van der Waals surface area contributed by atoms with E-state index < -0.39 is 0 Å². The zero-order valence-electron chi connectivity index (χ0n) is 3.55. The largest absolute Gasteiger partial charge is 0.394 e. The third kappa shape index (κ3) is 8.94. The maximum absolute atomic E-state index is 7.94. The number of hydrogen-bond acceptors (Lipinski definition) is 2. The van der Waals surface area contributed by atoms with Gasteiger partial charge in [-0.15, -0.1) is 0 Å².